The molecular weight excluding hydrogens is 653 g/mol. The Morgan fingerprint density at radius 1 is 0.765 bits per heavy atom. The predicted molar refractivity (Wildman–Crippen MR) is 208 cm³/mol. The topological polar surface area (TPSA) is 111 Å². The van der Waals surface area contributed by atoms with Crippen LogP contribution in [0.5, 0.6) is 0 Å². The van der Waals surface area contributed by atoms with Gasteiger partial charge in [-0.2, -0.15) is 15.1 Å². The minimum absolute atomic E-state index is 0.0346. The van der Waals surface area contributed by atoms with E-state index in [-0.39, 0.29) is 10.3 Å². The first-order valence-electron chi connectivity index (χ1n) is 18.6. The molecule has 0 aliphatic carbocycles. The molecule has 51 heavy (non-hydrogen) atoms. The quantitative estimate of drug-likeness (QED) is 0.0696. The summed E-state index contributed by atoms with van der Waals surface area (Å²) < 4.78 is 34.8. The van der Waals surface area contributed by atoms with Gasteiger partial charge in [-0.05, 0) is 68.2 Å². The molecule has 1 aliphatic heterocycles. The minimum Gasteiger partial charge on any atom is -0.744 e. The maximum atomic E-state index is 10.8. The molecular formula is C43H56N4O3S. The number of nitriles is 2. The lowest BCUT2D eigenvalue weighted by molar-refractivity contribution is -0.401. The van der Waals surface area contributed by atoms with Crippen LogP contribution in [-0.4, -0.2) is 43.4 Å². The molecule has 0 unspecified atom stereocenters. The Balaban J connectivity index is 0.000000287. The number of benzene rings is 3. The van der Waals surface area contributed by atoms with Gasteiger partial charge in [0, 0.05) is 36.5 Å². The number of anilines is 1. The van der Waals surface area contributed by atoms with Gasteiger partial charge in [0.25, 0.3) is 0 Å². The molecule has 4 rings (SSSR count). The van der Waals surface area contributed by atoms with Gasteiger partial charge in [0.1, 0.15) is 17.2 Å². The summed E-state index contributed by atoms with van der Waals surface area (Å²) in [5, 5.41) is 17.8. The number of hydrogen-bond acceptors (Lipinski definition) is 6. The van der Waals surface area contributed by atoms with E-state index < -0.39 is 10.1 Å². The van der Waals surface area contributed by atoms with Crippen molar-refractivity contribution in [2.24, 2.45) is 0 Å². The molecule has 1 heterocycles. The second-order valence-corrected chi connectivity index (χ2v) is 15.2. The van der Waals surface area contributed by atoms with Crippen molar-refractivity contribution >= 4 is 33.3 Å². The van der Waals surface area contributed by atoms with Crippen LogP contribution in [0.2, 0.25) is 0 Å². The van der Waals surface area contributed by atoms with E-state index in [0.29, 0.717) is 25.9 Å². The summed E-state index contributed by atoms with van der Waals surface area (Å²) in [6.45, 7) is 8.05. The van der Waals surface area contributed by atoms with Crippen molar-refractivity contribution in [1.82, 2.24) is 0 Å². The highest BCUT2D eigenvalue weighted by atomic mass is 32.2. The molecule has 272 valence electrons. The van der Waals surface area contributed by atoms with E-state index in [1.807, 2.05) is 0 Å². The zero-order chi connectivity index (χ0) is 37.1. The molecule has 0 amide bonds. The molecule has 0 saturated carbocycles. The van der Waals surface area contributed by atoms with Crippen molar-refractivity contribution in [2.45, 2.75) is 115 Å². The molecule has 7 nitrogen and oxygen atoms in total. The van der Waals surface area contributed by atoms with Crippen LogP contribution < -0.4 is 4.90 Å². The monoisotopic (exact) mass is 708 g/mol. The zero-order valence-electron chi connectivity index (χ0n) is 31.1. The number of nitrogens with zero attached hydrogens (tertiary/aromatic N) is 4. The zero-order valence-corrected chi connectivity index (χ0v) is 31.9. The molecule has 0 spiro atoms. The van der Waals surface area contributed by atoms with Crippen molar-refractivity contribution < 1.29 is 17.5 Å². The Hall–Kier alpha value is -4.24. The molecule has 0 N–H and O–H groups in total. The number of aryl methyl sites for hydroxylation is 1. The minimum atomic E-state index is -4.31. The Labute approximate surface area is 307 Å². The second-order valence-electron chi connectivity index (χ2n) is 13.8. The number of fused-ring (bicyclic) bond motifs is 1. The normalized spacial score (nSPS) is 13.3. The van der Waals surface area contributed by atoms with Crippen molar-refractivity contribution in [1.29, 1.82) is 10.5 Å². The summed E-state index contributed by atoms with van der Waals surface area (Å²) in [7, 11) is -2.19. The fourth-order valence-corrected chi connectivity index (χ4v) is 7.12. The average molecular weight is 709 g/mol. The highest BCUT2D eigenvalue weighted by Gasteiger charge is 2.42. The van der Waals surface area contributed by atoms with Crippen molar-refractivity contribution in [3.05, 3.63) is 95.6 Å². The summed E-state index contributed by atoms with van der Waals surface area (Å²) in [4.78, 5) is 1.96. The van der Waals surface area contributed by atoms with Gasteiger partial charge in [-0.15, -0.1) is 0 Å². The van der Waals surface area contributed by atoms with Gasteiger partial charge in [0.15, 0.2) is 5.71 Å². The van der Waals surface area contributed by atoms with Crippen LogP contribution in [0.4, 0.5) is 11.4 Å². The fraction of sp³-hybridized carbons (Fsp3) is 0.465. The van der Waals surface area contributed by atoms with Crippen LogP contribution in [0.15, 0.2) is 83.8 Å². The SMILES string of the molecule is CCCCCCCCCCCCc1ccc(S(=O)(=O)[O-])cc1.C[N+]1=C(/C=C/c2ccc(N(CCC#N)CCC#N)cc2)C(C)(C)c2ccccc21. The Bertz CT molecular complexity index is 1750. The maximum Gasteiger partial charge on any atom is 0.209 e. The average Bonchev–Trinajstić information content (AvgIpc) is 3.32. The molecule has 8 heteroatoms. The molecule has 0 aromatic heterocycles. The molecule has 0 atom stereocenters. The third kappa shape index (κ3) is 13.1. The highest BCUT2D eigenvalue weighted by Crippen LogP contribution is 2.39. The second kappa shape index (κ2) is 21.2. The van der Waals surface area contributed by atoms with Crippen LogP contribution in [0.1, 0.15) is 115 Å². The molecule has 0 radical (unpaired) electrons. The van der Waals surface area contributed by atoms with Gasteiger partial charge in [0.05, 0.1) is 35.3 Å². The van der Waals surface area contributed by atoms with Gasteiger partial charge in [-0.25, -0.2) is 8.42 Å². The van der Waals surface area contributed by atoms with E-state index in [1.165, 1.54) is 86.9 Å². The molecule has 3 aromatic carbocycles. The first kappa shape index (κ1) is 41.2. The van der Waals surface area contributed by atoms with Crippen LogP contribution >= 0.6 is 0 Å². The lowest BCUT2D eigenvalue weighted by Gasteiger charge is -2.22. The van der Waals surface area contributed by atoms with Crippen LogP contribution in [-0.2, 0) is 22.0 Å². The number of rotatable bonds is 19. The van der Waals surface area contributed by atoms with E-state index >= 15 is 0 Å². The van der Waals surface area contributed by atoms with Crippen molar-refractivity contribution in [3.8, 4) is 12.1 Å². The fourth-order valence-electron chi connectivity index (χ4n) is 6.65. The standard InChI is InChI=1S/C25H27N4.C18H30O3S/c1-25(2)22-8-4-5-9-23(22)28(3)24(25)15-12-20-10-13-21(14-11-20)29(18-6-16-26)19-7-17-27;1-2-3-4-5-6-7-8-9-10-11-12-17-13-15-18(16-14-17)22(19,20)21/h4-5,8-15H,6-7,18-19H2,1-3H3;13-16H,2-12H2,1H3,(H,19,20,21)/q+1;/p-1. The summed E-state index contributed by atoms with van der Waals surface area (Å²) in [6.07, 6.45) is 19.3. The molecule has 0 saturated heterocycles. The number of allylic oxidation sites excluding steroid dienone is 1. The van der Waals surface area contributed by atoms with Gasteiger partial charge < -0.3 is 9.45 Å². The summed E-state index contributed by atoms with van der Waals surface area (Å²) in [5.41, 5.74) is 7.13. The Morgan fingerprint density at radius 3 is 1.84 bits per heavy atom. The molecule has 0 bridgehead atoms. The van der Waals surface area contributed by atoms with Gasteiger partial charge in [-0.1, -0.05) is 107 Å². The van der Waals surface area contributed by atoms with Crippen molar-refractivity contribution in [2.75, 3.05) is 25.0 Å². The summed E-state index contributed by atoms with van der Waals surface area (Å²) in [5.74, 6) is 0. The summed E-state index contributed by atoms with van der Waals surface area (Å²) >= 11 is 0. The molecule has 0 fully saturated rings. The lowest BCUT2D eigenvalue weighted by atomic mass is 9.81. The van der Waals surface area contributed by atoms with E-state index in [0.717, 1.165) is 29.7 Å². The first-order valence-corrected chi connectivity index (χ1v) is 20.0. The van der Waals surface area contributed by atoms with Gasteiger partial charge in [0.2, 0.25) is 5.69 Å². The Kier molecular flexibility index (Phi) is 17.1. The van der Waals surface area contributed by atoms with Crippen LogP contribution in [0, 0.1) is 22.7 Å². The first-order chi connectivity index (χ1) is 24.5. The lowest BCUT2D eigenvalue weighted by Crippen LogP contribution is -2.26. The van der Waals surface area contributed by atoms with Gasteiger partial charge in [-0.3, -0.25) is 0 Å². The Morgan fingerprint density at radius 2 is 1.31 bits per heavy atom. The highest BCUT2D eigenvalue weighted by molar-refractivity contribution is 7.85. The van der Waals surface area contributed by atoms with E-state index in [4.69, 9.17) is 10.5 Å². The largest absolute Gasteiger partial charge is 0.744 e. The van der Waals surface area contributed by atoms with E-state index in [9.17, 15) is 13.0 Å². The van der Waals surface area contributed by atoms with Crippen LogP contribution in [0.25, 0.3) is 6.08 Å². The maximum absolute atomic E-state index is 10.8. The van der Waals surface area contributed by atoms with Crippen molar-refractivity contribution in [3.63, 3.8) is 0 Å². The van der Waals surface area contributed by atoms with Crippen LogP contribution in [0.3, 0.4) is 0 Å². The molecule has 3 aromatic rings. The van der Waals surface area contributed by atoms with Gasteiger partial charge >= 0.3 is 0 Å². The molecule has 1 aliphatic rings. The van der Waals surface area contributed by atoms with E-state index in [1.54, 1.807) is 12.1 Å². The smallest absolute Gasteiger partial charge is 0.209 e. The number of unbranched alkanes of at least 4 members (excludes halogenated alkanes) is 9. The predicted octanol–water partition coefficient (Wildman–Crippen LogP) is 10.1. The third-order valence-corrected chi connectivity index (χ3v) is 10.5. The number of para-hydroxylation sites is 1. The third-order valence-electron chi connectivity index (χ3n) is 9.65. The van der Waals surface area contributed by atoms with E-state index in [2.05, 4.69) is 110 Å². The number of hydrogen-bond donors (Lipinski definition) is 0. The summed E-state index contributed by atoms with van der Waals surface area (Å²) in [6, 6.07) is 27.6.